The Morgan fingerprint density at radius 2 is 1.69 bits per heavy atom. The molecule has 1 radical (unpaired) electrons. The fourth-order valence-corrected chi connectivity index (χ4v) is 2.04. The first-order chi connectivity index (χ1) is 5.81. The van der Waals surface area contributed by atoms with Gasteiger partial charge in [-0.1, -0.05) is 48.0 Å². The zero-order valence-corrected chi connectivity index (χ0v) is 11.4. The van der Waals surface area contributed by atoms with Crippen LogP contribution in [0, 0.1) is 12.3 Å². The van der Waals surface area contributed by atoms with E-state index in [1.165, 1.54) is 0 Å². The Morgan fingerprint density at radius 1 is 1.15 bits per heavy atom. The summed E-state index contributed by atoms with van der Waals surface area (Å²) in [5.74, 6) is 0. The third-order valence-corrected chi connectivity index (χ3v) is 5.31. The molecule has 0 aromatic carbocycles. The van der Waals surface area contributed by atoms with Crippen molar-refractivity contribution in [1.82, 2.24) is 0 Å². The zero-order chi connectivity index (χ0) is 10.5. The van der Waals surface area contributed by atoms with E-state index in [4.69, 9.17) is 4.43 Å². The van der Waals surface area contributed by atoms with Crippen LogP contribution in [0.4, 0.5) is 0 Å². The molecule has 0 fully saturated rings. The average Bonchev–Trinajstić information content (AvgIpc) is 1.96. The van der Waals surface area contributed by atoms with E-state index in [2.05, 4.69) is 41.5 Å². The monoisotopic (exact) mass is 201 g/mol. The topological polar surface area (TPSA) is 9.23 Å². The van der Waals surface area contributed by atoms with Crippen LogP contribution < -0.4 is 0 Å². The molecule has 2 heteroatoms. The standard InChI is InChI=1S/C11H25OSi/c1-7-8-9-12-13-11(5,6)10(2,3)4/h1,7-9,13H2,2-6H3. The second-order valence-electron chi connectivity index (χ2n) is 5.39. The van der Waals surface area contributed by atoms with Crippen LogP contribution in [0.1, 0.15) is 47.5 Å². The van der Waals surface area contributed by atoms with Crippen molar-refractivity contribution < 1.29 is 4.43 Å². The predicted molar refractivity (Wildman–Crippen MR) is 62.6 cm³/mol. The predicted octanol–water partition coefficient (Wildman–Crippen LogP) is 2.95. The molecule has 0 rings (SSSR count). The zero-order valence-electron chi connectivity index (χ0n) is 9.94. The number of unbranched alkanes of at least 4 members (excludes halogenated alkanes) is 1. The largest absolute Gasteiger partial charge is 0.423 e. The van der Waals surface area contributed by atoms with Gasteiger partial charge in [0.05, 0.1) is 0 Å². The van der Waals surface area contributed by atoms with E-state index < -0.39 is 9.76 Å². The average molecular weight is 201 g/mol. The molecule has 0 aliphatic heterocycles. The highest BCUT2D eigenvalue weighted by Crippen LogP contribution is 2.43. The van der Waals surface area contributed by atoms with Crippen molar-refractivity contribution in [3.63, 3.8) is 0 Å². The van der Waals surface area contributed by atoms with Crippen LogP contribution in [0.15, 0.2) is 0 Å². The molecule has 0 unspecified atom stereocenters. The van der Waals surface area contributed by atoms with Crippen LogP contribution in [0.2, 0.25) is 5.04 Å². The molecule has 0 aliphatic rings. The molecular formula is C11H25OSi. The van der Waals surface area contributed by atoms with Gasteiger partial charge in [-0.15, -0.1) is 0 Å². The maximum atomic E-state index is 5.76. The van der Waals surface area contributed by atoms with Crippen molar-refractivity contribution in [2.75, 3.05) is 6.61 Å². The van der Waals surface area contributed by atoms with E-state index in [1.54, 1.807) is 0 Å². The van der Waals surface area contributed by atoms with E-state index in [1.807, 2.05) is 0 Å². The summed E-state index contributed by atoms with van der Waals surface area (Å²) in [6, 6.07) is 0. The molecule has 0 aromatic rings. The van der Waals surface area contributed by atoms with Crippen LogP contribution in [0.25, 0.3) is 0 Å². The van der Waals surface area contributed by atoms with Gasteiger partial charge in [0.1, 0.15) is 0 Å². The molecule has 1 nitrogen and oxygen atoms in total. The first-order valence-electron chi connectivity index (χ1n) is 5.18. The Hall–Kier alpha value is 0.177. The van der Waals surface area contributed by atoms with Gasteiger partial charge in [-0.3, -0.25) is 0 Å². The van der Waals surface area contributed by atoms with Crippen molar-refractivity contribution in [3.05, 3.63) is 6.92 Å². The van der Waals surface area contributed by atoms with Crippen LogP contribution in [-0.2, 0) is 4.43 Å². The third kappa shape index (κ3) is 4.82. The summed E-state index contributed by atoms with van der Waals surface area (Å²) in [5, 5.41) is 0.383. The number of hydrogen-bond acceptors (Lipinski definition) is 1. The summed E-state index contributed by atoms with van der Waals surface area (Å²) in [6.07, 6.45) is 2.09. The number of rotatable bonds is 5. The molecule has 0 N–H and O–H groups in total. The highest BCUT2D eigenvalue weighted by Gasteiger charge is 2.33. The van der Waals surface area contributed by atoms with Crippen molar-refractivity contribution in [2.45, 2.75) is 52.5 Å². The summed E-state index contributed by atoms with van der Waals surface area (Å²) >= 11 is 0. The van der Waals surface area contributed by atoms with Gasteiger partial charge in [-0.05, 0) is 16.9 Å². The fourth-order valence-electron chi connectivity index (χ4n) is 0.748. The quantitative estimate of drug-likeness (QED) is 0.491. The summed E-state index contributed by atoms with van der Waals surface area (Å²) in [5.41, 5.74) is 0.365. The highest BCUT2D eigenvalue weighted by atomic mass is 28.2. The Bertz CT molecular complexity index is 136. The Kier molecular flexibility index (Phi) is 5.23. The summed E-state index contributed by atoms with van der Waals surface area (Å²) in [7, 11) is -0.413. The first kappa shape index (κ1) is 13.2. The highest BCUT2D eigenvalue weighted by molar-refractivity contribution is 6.32. The molecule has 0 aliphatic carbocycles. The minimum Gasteiger partial charge on any atom is -0.423 e. The minimum atomic E-state index is -0.413. The molecule has 0 saturated carbocycles. The fraction of sp³-hybridized carbons (Fsp3) is 0.909. The van der Waals surface area contributed by atoms with Gasteiger partial charge < -0.3 is 4.43 Å². The summed E-state index contributed by atoms with van der Waals surface area (Å²) < 4.78 is 5.76. The van der Waals surface area contributed by atoms with E-state index in [-0.39, 0.29) is 0 Å². The van der Waals surface area contributed by atoms with E-state index in [9.17, 15) is 0 Å². The van der Waals surface area contributed by atoms with E-state index in [0.717, 1.165) is 19.4 Å². The van der Waals surface area contributed by atoms with Crippen LogP contribution in [0.5, 0.6) is 0 Å². The molecule has 0 spiro atoms. The van der Waals surface area contributed by atoms with Crippen molar-refractivity contribution in [1.29, 1.82) is 0 Å². The molecule has 0 amide bonds. The second kappa shape index (κ2) is 5.16. The Balaban J connectivity index is 3.77. The molecule has 0 heterocycles. The van der Waals surface area contributed by atoms with Gasteiger partial charge in [-0.2, -0.15) is 0 Å². The van der Waals surface area contributed by atoms with E-state index in [0.29, 0.717) is 10.5 Å². The lowest BCUT2D eigenvalue weighted by molar-refractivity contribution is 0.243. The smallest absolute Gasteiger partial charge is 0.167 e. The lowest BCUT2D eigenvalue weighted by Crippen LogP contribution is -2.30. The summed E-state index contributed by atoms with van der Waals surface area (Å²) in [4.78, 5) is 0. The van der Waals surface area contributed by atoms with Gasteiger partial charge in [-0.25, -0.2) is 0 Å². The normalized spacial score (nSPS) is 14.3. The van der Waals surface area contributed by atoms with Gasteiger partial charge in [0.25, 0.3) is 0 Å². The lowest BCUT2D eigenvalue weighted by Gasteiger charge is -2.38. The second-order valence-corrected chi connectivity index (χ2v) is 7.86. The molecule has 79 valence electrons. The van der Waals surface area contributed by atoms with Crippen LogP contribution in [-0.4, -0.2) is 16.4 Å². The van der Waals surface area contributed by atoms with Gasteiger partial charge >= 0.3 is 0 Å². The maximum Gasteiger partial charge on any atom is 0.167 e. The molecule has 0 aromatic heterocycles. The Morgan fingerprint density at radius 3 is 2.08 bits per heavy atom. The lowest BCUT2D eigenvalue weighted by atomic mass is 9.82. The minimum absolute atomic E-state index is 0.365. The number of hydrogen-bond donors (Lipinski definition) is 0. The van der Waals surface area contributed by atoms with E-state index >= 15 is 0 Å². The van der Waals surface area contributed by atoms with Crippen molar-refractivity contribution >= 4 is 9.76 Å². The first-order valence-corrected chi connectivity index (χ1v) is 6.47. The van der Waals surface area contributed by atoms with Crippen LogP contribution >= 0.6 is 0 Å². The van der Waals surface area contributed by atoms with Crippen molar-refractivity contribution in [2.24, 2.45) is 5.41 Å². The van der Waals surface area contributed by atoms with Crippen LogP contribution in [0.3, 0.4) is 0 Å². The van der Waals surface area contributed by atoms with Gasteiger partial charge in [0, 0.05) is 6.61 Å². The maximum absolute atomic E-state index is 5.76. The SMILES string of the molecule is [CH2]CCCO[SiH2]C(C)(C)C(C)(C)C. The molecular weight excluding hydrogens is 176 g/mol. The van der Waals surface area contributed by atoms with Gasteiger partial charge in [0.15, 0.2) is 9.76 Å². The molecule has 0 saturated heterocycles. The van der Waals surface area contributed by atoms with Crippen molar-refractivity contribution in [3.8, 4) is 0 Å². The summed E-state index contributed by atoms with van der Waals surface area (Å²) in [6.45, 7) is 16.3. The Labute approximate surface area is 86.2 Å². The molecule has 0 atom stereocenters. The third-order valence-electron chi connectivity index (χ3n) is 3.03. The van der Waals surface area contributed by atoms with Gasteiger partial charge in [0.2, 0.25) is 0 Å². The molecule has 13 heavy (non-hydrogen) atoms. The molecule has 0 bridgehead atoms.